The van der Waals surface area contributed by atoms with E-state index < -0.39 is 23.5 Å². The first-order chi connectivity index (χ1) is 17.6. The van der Waals surface area contributed by atoms with Gasteiger partial charge in [0, 0.05) is 25.1 Å². The second-order valence-electron chi connectivity index (χ2n) is 10.6. The van der Waals surface area contributed by atoms with E-state index in [0.717, 1.165) is 21.7 Å². The predicted octanol–water partition coefficient (Wildman–Crippen LogP) is 3.84. The fourth-order valence-corrected chi connectivity index (χ4v) is 6.20. The number of carbonyl (C=O) groups excluding carboxylic acids is 2. The van der Waals surface area contributed by atoms with Crippen LogP contribution >= 0.6 is 11.3 Å². The Morgan fingerprint density at radius 3 is 2.57 bits per heavy atom. The van der Waals surface area contributed by atoms with Crippen molar-refractivity contribution in [2.24, 2.45) is 10.9 Å². The van der Waals surface area contributed by atoms with Crippen molar-refractivity contribution in [1.82, 2.24) is 20.0 Å². The molecule has 2 amide bonds. The van der Waals surface area contributed by atoms with Crippen LogP contribution in [0.3, 0.4) is 0 Å². The van der Waals surface area contributed by atoms with E-state index in [-0.39, 0.29) is 30.2 Å². The molecule has 0 saturated carbocycles. The Morgan fingerprint density at radius 2 is 1.97 bits per heavy atom. The third kappa shape index (κ3) is 4.53. The zero-order chi connectivity index (χ0) is 26.5. The molecule has 0 bridgehead atoms. The van der Waals surface area contributed by atoms with Crippen molar-refractivity contribution in [2.75, 3.05) is 6.54 Å². The Balaban J connectivity index is 1.39. The van der Waals surface area contributed by atoms with E-state index in [1.54, 1.807) is 23.2 Å². The number of hydrogen-bond acceptors (Lipinski definition) is 8. The van der Waals surface area contributed by atoms with Gasteiger partial charge in [-0.2, -0.15) is 4.98 Å². The van der Waals surface area contributed by atoms with Gasteiger partial charge < -0.3 is 14.5 Å². The number of hydrogen-bond donors (Lipinski definition) is 1. The second kappa shape index (κ2) is 9.57. The number of amides is 2. The molecule has 0 spiro atoms. The molecule has 4 heterocycles. The largest absolute Gasteiger partial charge is 0.391 e. The number of aliphatic hydroxyl groups excluding tert-OH is 1. The molecule has 1 fully saturated rings. The molecule has 2 aromatic heterocycles. The number of likely N-dealkylation sites (tertiary alicyclic amines) is 1. The molecule has 0 aliphatic carbocycles. The van der Waals surface area contributed by atoms with Crippen molar-refractivity contribution in [3.63, 3.8) is 0 Å². The third-order valence-corrected chi connectivity index (χ3v) is 8.45. The van der Waals surface area contributed by atoms with Gasteiger partial charge >= 0.3 is 0 Å². The van der Waals surface area contributed by atoms with Crippen LogP contribution in [0.4, 0.5) is 0 Å². The molecule has 1 N–H and O–H groups in total. The van der Waals surface area contributed by atoms with Crippen LogP contribution < -0.4 is 0 Å². The first-order valence-electron chi connectivity index (χ1n) is 12.5. The minimum atomic E-state index is -0.833. The summed E-state index contributed by atoms with van der Waals surface area (Å²) in [5.74, 6) is -0.434. The maximum atomic E-state index is 13.7. The van der Waals surface area contributed by atoms with Gasteiger partial charge in [-0.25, -0.2) is 9.98 Å². The number of β-amino-alcohol motifs (C(OH)–C–C–N with tert-alkyl or cyclic N) is 1. The van der Waals surface area contributed by atoms with Crippen molar-refractivity contribution in [3.8, 4) is 10.4 Å². The molecule has 4 atom stereocenters. The molecule has 194 valence electrons. The van der Waals surface area contributed by atoms with Crippen LogP contribution in [0.2, 0.25) is 0 Å². The van der Waals surface area contributed by atoms with Crippen LogP contribution in [-0.2, 0) is 15.0 Å². The fraction of sp³-hybridized carbons (Fsp3) is 0.481. The summed E-state index contributed by atoms with van der Waals surface area (Å²) in [6.45, 7) is 9.61. The summed E-state index contributed by atoms with van der Waals surface area (Å²) in [7, 11) is 0. The van der Waals surface area contributed by atoms with Gasteiger partial charge in [0.1, 0.15) is 5.92 Å². The van der Waals surface area contributed by atoms with E-state index in [1.165, 1.54) is 0 Å². The standard InChI is InChI=1S/C27H31N5O4S/c1-14(2)22(24-29-16(4)31-36-24)25(34)32-12-19(33)10-21(32)20-11-27(5,26(35)30-20)18-8-6-17(7-9-18)23-15(3)28-13-37-23/h6-9,13-14,19,21-22,33H,10-12H2,1-5H3/t19-,21-,22-,27+/m1/s1. The Labute approximate surface area is 219 Å². The van der Waals surface area contributed by atoms with Gasteiger partial charge in [-0.15, -0.1) is 11.3 Å². The zero-order valence-corrected chi connectivity index (χ0v) is 22.5. The zero-order valence-electron chi connectivity index (χ0n) is 21.6. The summed E-state index contributed by atoms with van der Waals surface area (Å²) >= 11 is 1.59. The number of nitrogens with zero attached hydrogens (tertiary/aromatic N) is 5. The topological polar surface area (TPSA) is 122 Å². The minimum absolute atomic E-state index is 0.0937. The Bertz CT molecular complexity index is 1360. The molecule has 1 aromatic carbocycles. The quantitative estimate of drug-likeness (QED) is 0.523. The molecular formula is C27H31N5O4S. The monoisotopic (exact) mass is 521 g/mol. The summed E-state index contributed by atoms with van der Waals surface area (Å²) in [6, 6.07) is 7.52. The lowest BCUT2D eigenvalue weighted by Crippen LogP contribution is -2.44. The number of rotatable bonds is 6. The van der Waals surface area contributed by atoms with Gasteiger partial charge in [0.25, 0.3) is 5.91 Å². The van der Waals surface area contributed by atoms with E-state index in [0.29, 0.717) is 24.4 Å². The van der Waals surface area contributed by atoms with Gasteiger partial charge in [-0.05, 0) is 37.8 Å². The number of aromatic nitrogens is 3. The number of benzene rings is 1. The van der Waals surface area contributed by atoms with Crippen molar-refractivity contribution in [1.29, 1.82) is 0 Å². The number of aliphatic imine (C=N–C) groups is 1. The summed E-state index contributed by atoms with van der Waals surface area (Å²) in [5.41, 5.74) is 4.54. The molecule has 37 heavy (non-hydrogen) atoms. The lowest BCUT2D eigenvalue weighted by atomic mass is 9.78. The molecule has 3 aromatic rings. The van der Waals surface area contributed by atoms with Crippen molar-refractivity contribution in [3.05, 3.63) is 52.7 Å². The van der Waals surface area contributed by atoms with Gasteiger partial charge in [0.05, 0.1) is 33.6 Å². The van der Waals surface area contributed by atoms with Crippen LogP contribution in [-0.4, -0.2) is 61.3 Å². The summed E-state index contributed by atoms with van der Waals surface area (Å²) in [4.78, 5) is 42.8. The fourth-order valence-electron chi connectivity index (χ4n) is 5.38. The van der Waals surface area contributed by atoms with Crippen LogP contribution in [0, 0.1) is 19.8 Å². The minimum Gasteiger partial charge on any atom is -0.391 e. The SMILES string of the molecule is Cc1noc([C@H](C(=O)N2C[C@H](O)C[C@@H]2C2=NC(=O)[C@](C)(c3ccc(-c4scnc4C)cc3)C2)C(C)C)n1. The van der Waals surface area contributed by atoms with E-state index in [4.69, 9.17) is 4.52 Å². The van der Waals surface area contributed by atoms with E-state index in [1.807, 2.05) is 57.5 Å². The van der Waals surface area contributed by atoms with Crippen LogP contribution in [0.15, 0.2) is 39.3 Å². The highest BCUT2D eigenvalue weighted by Crippen LogP contribution is 2.39. The lowest BCUT2D eigenvalue weighted by molar-refractivity contribution is -0.134. The number of thiazole rings is 1. The maximum absolute atomic E-state index is 13.7. The summed E-state index contributed by atoms with van der Waals surface area (Å²) in [6.07, 6.45) is 0.0288. The first kappa shape index (κ1) is 25.4. The highest BCUT2D eigenvalue weighted by atomic mass is 32.1. The van der Waals surface area contributed by atoms with E-state index >= 15 is 0 Å². The third-order valence-electron chi connectivity index (χ3n) is 7.47. The van der Waals surface area contributed by atoms with Gasteiger partial charge in [-0.1, -0.05) is 43.3 Å². The smallest absolute Gasteiger partial charge is 0.256 e. The molecular weight excluding hydrogens is 490 g/mol. The normalized spacial score (nSPS) is 24.7. The van der Waals surface area contributed by atoms with Crippen molar-refractivity contribution >= 4 is 28.9 Å². The maximum Gasteiger partial charge on any atom is 0.256 e. The Hall–Kier alpha value is -3.24. The lowest BCUT2D eigenvalue weighted by Gasteiger charge is -2.30. The first-order valence-corrected chi connectivity index (χ1v) is 13.4. The Morgan fingerprint density at radius 1 is 1.24 bits per heavy atom. The van der Waals surface area contributed by atoms with Crippen LogP contribution in [0.5, 0.6) is 0 Å². The van der Waals surface area contributed by atoms with Crippen molar-refractivity contribution < 1.29 is 19.2 Å². The van der Waals surface area contributed by atoms with Gasteiger partial charge in [0.2, 0.25) is 11.8 Å². The number of aryl methyl sites for hydroxylation is 2. The highest BCUT2D eigenvalue weighted by Gasteiger charge is 2.48. The number of aliphatic hydroxyl groups is 1. The molecule has 2 aliphatic rings. The molecule has 1 saturated heterocycles. The number of carbonyl (C=O) groups is 2. The van der Waals surface area contributed by atoms with Crippen molar-refractivity contribution in [2.45, 2.75) is 70.9 Å². The molecule has 10 heteroatoms. The van der Waals surface area contributed by atoms with Crippen LogP contribution in [0.25, 0.3) is 10.4 Å². The molecule has 2 aliphatic heterocycles. The molecule has 0 unspecified atom stereocenters. The summed E-state index contributed by atoms with van der Waals surface area (Å²) < 4.78 is 5.35. The van der Waals surface area contributed by atoms with Crippen LogP contribution in [0.1, 0.15) is 62.5 Å². The second-order valence-corrected chi connectivity index (χ2v) is 11.4. The van der Waals surface area contributed by atoms with E-state index in [2.05, 4.69) is 20.1 Å². The molecule has 9 nitrogen and oxygen atoms in total. The van der Waals surface area contributed by atoms with Gasteiger partial charge in [0.15, 0.2) is 5.82 Å². The van der Waals surface area contributed by atoms with Gasteiger partial charge in [-0.3, -0.25) is 9.59 Å². The summed E-state index contributed by atoms with van der Waals surface area (Å²) in [5, 5.41) is 14.4. The molecule has 0 radical (unpaired) electrons. The Kier molecular flexibility index (Phi) is 6.57. The predicted molar refractivity (Wildman–Crippen MR) is 139 cm³/mol. The van der Waals surface area contributed by atoms with E-state index in [9.17, 15) is 14.7 Å². The highest BCUT2D eigenvalue weighted by molar-refractivity contribution is 7.13. The average molecular weight is 522 g/mol. The average Bonchev–Trinajstić information content (AvgIpc) is 3.62. The molecule has 5 rings (SSSR count).